The molecule has 1 aliphatic heterocycles. The van der Waals surface area contributed by atoms with Gasteiger partial charge in [-0.05, 0) is 18.8 Å². The van der Waals surface area contributed by atoms with E-state index in [-0.39, 0.29) is 12.1 Å². The zero-order valence-corrected chi connectivity index (χ0v) is 12.6. The third-order valence-corrected chi connectivity index (χ3v) is 3.92. The highest BCUT2D eigenvalue weighted by Gasteiger charge is 2.30. The van der Waals surface area contributed by atoms with Crippen LogP contribution in [0.3, 0.4) is 0 Å². The van der Waals surface area contributed by atoms with Crippen molar-refractivity contribution in [1.82, 2.24) is 10.2 Å². The SMILES string of the molecule is CCCCC(NC(=O)N1CCC(C)C(OC)C1)C(=O)O. The molecule has 0 radical (unpaired) electrons. The Bertz CT molecular complexity index is 335. The number of hydrogen-bond donors (Lipinski definition) is 2. The predicted molar refractivity (Wildman–Crippen MR) is 75.6 cm³/mol. The molecule has 1 aliphatic rings. The number of hydrogen-bond acceptors (Lipinski definition) is 3. The van der Waals surface area contributed by atoms with Crippen LogP contribution in [0.1, 0.15) is 39.5 Å². The van der Waals surface area contributed by atoms with Crippen LogP contribution < -0.4 is 5.32 Å². The molecule has 1 fully saturated rings. The summed E-state index contributed by atoms with van der Waals surface area (Å²) in [6, 6.07) is -1.11. The Kier molecular flexibility index (Phi) is 6.78. The molecule has 0 saturated carbocycles. The first-order valence-corrected chi connectivity index (χ1v) is 7.30. The van der Waals surface area contributed by atoms with Crippen LogP contribution in [0, 0.1) is 5.92 Å². The number of rotatable bonds is 6. The number of carbonyl (C=O) groups excluding carboxylic acids is 1. The molecule has 2 N–H and O–H groups in total. The molecule has 1 heterocycles. The zero-order chi connectivity index (χ0) is 15.1. The third-order valence-electron chi connectivity index (χ3n) is 3.92. The lowest BCUT2D eigenvalue weighted by Crippen LogP contribution is -2.53. The first-order chi connectivity index (χ1) is 9.49. The van der Waals surface area contributed by atoms with Gasteiger partial charge in [0.15, 0.2) is 0 Å². The number of methoxy groups -OCH3 is 1. The molecule has 0 aromatic carbocycles. The van der Waals surface area contributed by atoms with E-state index in [9.17, 15) is 9.59 Å². The van der Waals surface area contributed by atoms with Crippen LogP contribution in [0.2, 0.25) is 0 Å². The summed E-state index contributed by atoms with van der Waals surface area (Å²) in [5, 5.41) is 11.7. The van der Waals surface area contributed by atoms with Crippen molar-refractivity contribution in [3.8, 4) is 0 Å². The topological polar surface area (TPSA) is 78.9 Å². The molecule has 116 valence electrons. The number of carboxylic acids is 1. The molecule has 2 amide bonds. The van der Waals surface area contributed by atoms with Crippen LogP contribution in [-0.4, -0.2) is 54.4 Å². The zero-order valence-electron chi connectivity index (χ0n) is 12.6. The van der Waals surface area contributed by atoms with Crippen LogP contribution in [-0.2, 0) is 9.53 Å². The number of unbranched alkanes of at least 4 members (excludes halogenated alkanes) is 1. The van der Waals surface area contributed by atoms with Gasteiger partial charge in [0.05, 0.1) is 6.10 Å². The molecule has 3 atom stereocenters. The molecule has 6 nitrogen and oxygen atoms in total. The molecule has 0 spiro atoms. The Hall–Kier alpha value is -1.30. The summed E-state index contributed by atoms with van der Waals surface area (Å²) in [5.41, 5.74) is 0. The van der Waals surface area contributed by atoms with Crippen LogP contribution in [0.5, 0.6) is 0 Å². The summed E-state index contributed by atoms with van der Waals surface area (Å²) in [7, 11) is 1.64. The van der Waals surface area contributed by atoms with Crippen molar-refractivity contribution < 1.29 is 19.4 Å². The van der Waals surface area contributed by atoms with E-state index in [0.717, 1.165) is 19.3 Å². The lowest BCUT2D eigenvalue weighted by atomic mass is 9.96. The van der Waals surface area contributed by atoms with Gasteiger partial charge in [0.1, 0.15) is 6.04 Å². The fraction of sp³-hybridized carbons (Fsp3) is 0.857. The summed E-state index contributed by atoms with van der Waals surface area (Å²) < 4.78 is 5.36. The first-order valence-electron chi connectivity index (χ1n) is 7.30. The fourth-order valence-corrected chi connectivity index (χ4v) is 2.43. The summed E-state index contributed by atoms with van der Waals surface area (Å²) in [4.78, 5) is 24.9. The minimum atomic E-state index is -0.972. The Morgan fingerprint density at radius 2 is 2.20 bits per heavy atom. The highest BCUT2D eigenvalue weighted by atomic mass is 16.5. The quantitative estimate of drug-likeness (QED) is 0.779. The second kappa shape index (κ2) is 8.09. The molecule has 6 heteroatoms. The minimum Gasteiger partial charge on any atom is -0.480 e. The van der Waals surface area contributed by atoms with Crippen molar-refractivity contribution in [3.63, 3.8) is 0 Å². The fourth-order valence-electron chi connectivity index (χ4n) is 2.43. The molecule has 0 aliphatic carbocycles. The average Bonchev–Trinajstić information content (AvgIpc) is 2.43. The maximum Gasteiger partial charge on any atom is 0.326 e. The van der Waals surface area contributed by atoms with Gasteiger partial charge in [-0.3, -0.25) is 0 Å². The van der Waals surface area contributed by atoms with Crippen LogP contribution in [0.25, 0.3) is 0 Å². The summed E-state index contributed by atoms with van der Waals surface area (Å²) in [6.07, 6.45) is 3.06. The van der Waals surface area contributed by atoms with Gasteiger partial charge in [0, 0.05) is 20.2 Å². The summed E-state index contributed by atoms with van der Waals surface area (Å²) in [6.45, 7) is 5.26. The van der Waals surface area contributed by atoms with Crippen molar-refractivity contribution in [2.75, 3.05) is 20.2 Å². The van der Waals surface area contributed by atoms with Crippen molar-refractivity contribution in [1.29, 1.82) is 0 Å². The standard InChI is InChI=1S/C14H26N2O4/c1-4-5-6-11(13(17)18)15-14(19)16-8-7-10(2)12(9-16)20-3/h10-12H,4-9H2,1-3H3,(H,15,19)(H,17,18). The largest absolute Gasteiger partial charge is 0.480 e. The van der Waals surface area contributed by atoms with Gasteiger partial charge in [-0.1, -0.05) is 26.7 Å². The van der Waals surface area contributed by atoms with Gasteiger partial charge in [-0.25, -0.2) is 9.59 Å². The smallest absolute Gasteiger partial charge is 0.326 e. The van der Waals surface area contributed by atoms with E-state index >= 15 is 0 Å². The van der Waals surface area contributed by atoms with E-state index in [2.05, 4.69) is 12.2 Å². The van der Waals surface area contributed by atoms with Gasteiger partial charge < -0.3 is 20.1 Å². The number of piperidine rings is 1. The highest BCUT2D eigenvalue weighted by Crippen LogP contribution is 2.19. The number of carboxylic acid groups (broad SMARTS) is 1. The van der Waals surface area contributed by atoms with E-state index in [4.69, 9.17) is 9.84 Å². The molecular weight excluding hydrogens is 260 g/mol. The van der Waals surface area contributed by atoms with Gasteiger partial charge in [-0.2, -0.15) is 0 Å². The maximum atomic E-state index is 12.1. The van der Waals surface area contributed by atoms with Crippen molar-refractivity contribution in [2.24, 2.45) is 5.92 Å². The number of carbonyl (C=O) groups is 2. The molecule has 0 aromatic heterocycles. The Balaban J connectivity index is 2.53. The van der Waals surface area contributed by atoms with E-state index in [1.807, 2.05) is 6.92 Å². The summed E-state index contributed by atoms with van der Waals surface area (Å²) >= 11 is 0. The predicted octanol–water partition coefficient (Wildman–Crippen LogP) is 1.70. The second-order valence-electron chi connectivity index (χ2n) is 5.47. The Morgan fingerprint density at radius 3 is 2.75 bits per heavy atom. The number of likely N-dealkylation sites (tertiary alicyclic amines) is 1. The van der Waals surface area contributed by atoms with Gasteiger partial charge in [0.25, 0.3) is 0 Å². The van der Waals surface area contributed by atoms with Crippen LogP contribution in [0.15, 0.2) is 0 Å². The van der Waals surface area contributed by atoms with E-state index < -0.39 is 12.0 Å². The Labute approximate surface area is 120 Å². The van der Waals surface area contributed by atoms with Crippen LogP contribution >= 0.6 is 0 Å². The van der Waals surface area contributed by atoms with Crippen molar-refractivity contribution in [2.45, 2.75) is 51.7 Å². The second-order valence-corrected chi connectivity index (χ2v) is 5.47. The van der Waals surface area contributed by atoms with Crippen molar-refractivity contribution >= 4 is 12.0 Å². The summed E-state index contributed by atoms with van der Waals surface area (Å²) in [5.74, 6) is -0.556. The van der Waals surface area contributed by atoms with Crippen LogP contribution in [0.4, 0.5) is 4.79 Å². The molecule has 0 aromatic rings. The maximum absolute atomic E-state index is 12.1. The van der Waals surface area contributed by atoms with Crippen molar-refractivity contribution in [3.05, 3.63) is 0 Å². The highest BCUT2D eigenvalue weighted by molar-refractivity contribution is 5.82. The van der Waals surface area contributed by atoms with Gasteiger partial charge in [0.2, 0.25) is 0 Å². The number of nitrogens with one attached hydrogen (secondary N) is 1. The molecule has 1 saturated heterocycles. The lowest BCUT2D eigenvalue weighted by Gasteiger charge is -2.36. The molecular formula is C14H26N2O4. The third kappa shape index (κ3) is 4.67. The monoisotopic (exact) mass is 286 g/mol. The number of amides is 2. The molecule has 3 unspecified atom stereocenters. The van der Waals surface area contributed by atoms with Gasteiger partial charge in [-0.15, -0.1) is 0 Å². The molecule has 0 bridgehead atoms. The lowest BCUT2D eigenvalue weighted by molar-refractivity contribution is -0.139. The molecule has 20 heavy (non-hydrogen) atoms. The van der Waals surface area contributed by atoms with E-state index in [1.165, 1.54) is 0 Å². The number of ether oxygens (including phenoxy) is 1. The number of aliphatic carboxylic acids is 1. The van der Waals surface area contributed by atoms with E-state index in [0.29, 0.717) is 25.4 Å². The number of nitrogens with zero attached hydrogens (tertiary/aromatic N) is 1. The normalized spacial score (nSPS) is 24.2. The minimum absolute atomic E-state index is 0.0217. The van der Waals surface area contributed by atoms with E-state index in [1.54, 1.807) is 12.0 Å². The first kappa shape index (κ1) is 16.8. The average molecular weight is 286 g/mol. The van der Waals surface area contributed by atoms with Gasteiger partial charge >= 0.3 is 12.0 Å². The Morgan fingerprint density at radius 1 is 1.50 bits per heavy atom. The molecule has 1 rings (SSSR count). The number of urea groups is 1.